The van der Waals surface area contributed by atoms with Gasteiger partial charge in [-0.3, -0.25) is 10.1 Å². The molecule has 0 atom stereocenters. The molecule has 0 aliphatic heterocycles. The van der Waals surface area contributed by atoms with E-state index in [0.29, 0.717) is 17.8 Å². The van der Waals surface area contributed by atoms with E-state index in [9.17, 15) is 19.2 Å². The first-order valence-corrected chi connectivity index (χ1v) is 7.92. The molecule has 0 unspecified atom stereocenters. The van der Waals surface area contributed by atoms with Gasteiger partial charge in [0.2, 0.25) is 0 Å². The lowest BCUT2D eigenvalue weighted by molar-refractivity contribution is -0.123. The summed E-state index contributed by atoms with van der Waals surface area (Å²) in [6.07, 6.45) is 0.728. The molecule has 1 rings (SSSR count). The van der Waals surface area contributed by atoms with Crippen LogP contribution in [0.15, 0.2) is 0 Å². The summed E-state index contributed by atoms with van der Waals surface area (Å²) < 4.78 is 9.81. The van der Waals surface area contributed by atoms with E-state index in [1.165, 1.54) is 0 Å². The van der Waals surface area contributed by atoms with Crippen molar-refractivity contribution in [3.8, 4) is 0 Å². The Hall–Kier alpha value is -2.84. The van der Waals surface area contributed by atoms with Gasteiger partial charge in [-0.25, -0.2) is 14.4 Å². The number of amides is 3. The fraction of sp³-hybridized carbons (Fsp3) is 0.500. The third-order valence-corrected chi connectivity index (χ3v) is 3.24. The molecular formula is C16H23N3O6. The first-order valence-electron chi connectivity index (χ1n) is 7.92. The van der Waals surface area contributed by atoms with Crippen molar-refractivity contribution in [1.82, 2.24) is 15.6 Å². The van der Waals surface area contributed by atoms with E-state index in [0.717, 1.165) is 6.42 Å². The SMILES string of the molecule is CCCNC(=O)NC(=O)COC(=O)c1c(C)[nH]c(C(=O)OCC)c1C. The predicted molar refractivity (Wildman–Crippen MR) is 88.3 cm³/mol. The van der Waals surface area contributed by atoms with Gasteiger partial charge in [0.15, 0.2) is 6.61 Å². The van der Waals surface area contributed by atoms with Crippen molar-refractivity contribution in [2.75, 3.05) is 19.8 Å². The molecule has 1 heterocycles. The van der Waals surface area contributed by atoms with Crippen LogP contribution >= 0.6 is 0 Å². The lowest BCUT2D eigenvalue weighted by Gasteiger charge is -2.07. The van der Waals surface area contributed by atoms with Crippen molar-refractivity contribution in [2.45, 2.75) is 34.1 Å². The summed E-state index contributed by atoms with van der Waals surface area (Å²) in [6.45, 7) is 6.74. The minimum absolute atomic E-state index is 0.159. The first-order chi connectivity index (χ1) is 11.8. The van der Waals surface area contributed by atoms with Gasteiger partial charge in [-0.1, -0.05) is 6.92 Å². The maximum Gasteiger partial charge on any atom is 0.355 e. The molecule has 9 heteroatoms. The molecule has 1 aromatic rings. The number of nitrogens with one attached hydrogen (secondary N) is 3. The Morgan fingerprint density at radius 2 is 1.72 bits per heavy atom. The molecule has 3 amide bonds. The van der Waals surface area contributed by atoms with Crippen molar-refractivity contribution >= 4 is 23.9 Å². The van der Waals surface area contributed by atoms with Crippen LogP contribution in [0.1, 0.15) is 52.4 Å². The van der Waals surface area contributed by atoms with Crippen LogP contribution in [-0.4, -0.2) is 48.6 Å². The summed E-state index contributed by atoms with van der Waals surface area (Å²) in [5, 5.41) is 4.50. The Bertz CT molecular complexity index is 665. The molecule has 0 bridgehead atoms. The number of aromatic amines is 1. The summed E-state index contributed by atoms with van der Waals surface area (Å²) in [5.74, 6) is -2.10. The van der Waals surface area contributed by atoms with E-state index in [4.69, 9.17) is 9.47 Å². The van der Waals surface area contributed by atoms with E-state index >= 15 is 0 Å². The number of carbonyl (C=O) groups excluding carboxylic acids is 4. The number of aromatic nitrogens is 1. The Balaban J connectivity index is 2.68. The number of rotatable bonds is 7. The van der Waals surface area contributed by atoms with Gasteiger partial charge in [0.1, 0.15) is 5.69 Å². The Kier molecular flexibility index (Phi) is 7.64. The number of H-pyrrole nitrogens is 1. The molecule has 0 aromatic carbocycles. The van der Waals surface area contributed by atoms with Crippen LogP contribution in [0.5, 0.6) is 0 Å². The topological polar surface area (TPSA) is 127 Å². The second-order valence-electron chi connectivity index (χ2n) is 5.23. The van der Waals surface area contributed by atoms with Crippen molar-refractivity contribution in [1.29, 1.82) is 0 Å². The summed E-state index contributed by atoms with van der Waals surface area (Å²) in [4.78, 5) is 49.7. The molecule has 0 spiro atoms. The predicted octanol–water partition coefficient (Wildman–Crippen LogP) is 1.20. The van der Waals surface area contributed by atoms with Crippen LogP contribution < -0.4 is 10.6 Å². The second kappa shape index (κ2) is 9.45. The molecule has 25 heavy (non-hydrogen) atoms. The highest BCUT2D eigenvalue weighted by Gasteiger charge is 2.24. The highest BCUT2D eigenvalue weighted by atomic mass is 16.5. The summed E-state index contributed by atoms with van der Waals surface area (Å²) >= 11 is 0. The van der Waals surface area contributed by atoms with Gasteiger partial charge in [0.25, 0.3) is 5.91 Å². The lowest BCUT2D eigenvalue weighted by atomic mass is 10.1. The lowest BCUT2D eigenvalue weighted by Crippen LogP contribution is -2.41. The largest absolute Gasteiger partial charge is 0.461 e. The Morgan fingerprint density at radius 1 is 1.04 bits per heavy atom. The number of urea groups is 1. The third kappa shape index (κ3) is 5.63. The van der Waals surface area contributed by atoms with E-state index in [1.54, 1.807) is 20.8 Å². The zero-order chi connectivity index (χ0) is 19.0. The molecule has 1 aromatic heterocycles. The summed E-state index contributed by atoms with van der Waals surface area (Å²) in [7, 11) is 0. The number of aryl methyl sites for hydroxylation is 1. The maximum absolute atomic E-state index is 12.2. The number of imide groups is 1. The van der Waals surface area contributed by atoms with Gasteiger partial charge < -0.3 is 19.8 Å². The third-order valence-electron chi connectivity index (χ3n) is 3.24. The maximum atomic E-state index is 12.2. The molecule has 0 saturated carbocycles. The second-order valence-corrected chi connectivity index (χ2v) is 5.23. The summed E-state index contributed by atoms with van der Waals surface area (Å²) in [6, 6.07) is -0.651. The van der Waals surface area contributed by atoms with E-state index in [1.807, 2.05) is 12.2 Å². The van der Waals surface area contributed by atoms with Crippen LogP contribution in [0.25, 0.3) is 0 Å². The smallest absolute Gasteiger partial charge is 0.355 e. The van der Waals surface area contributed by atoms with Crippen LogP contribution in [0.3, 0.4) is 0 Å². The van der Waals surface area contributed by atoms with Crippen LogP contribution in [0.2, 0.25) is 0 Å². The van der Waals surface area contributed by atoms with Crippen molar-refractivity contribution in [2.24, 2.45) is 0 Å². The number of carbonyl (C=O) groups is 4. The zero-order valence-corrected chi connectivity index (χ0v) is 14.8. The zero-order valence-electron chi connectivity index (χ0n) is 14.8. The van der Waals surface area contributed by atoms with E-state index < -0.39 is 30.5 Å². The minimum atomic E-state index is -0.772. The van der Waals surface area contributed by atoms with Crippen LogP contribution in [0, 0.1) is 13.8 Å². The van der Waals surface area contributed by atoms with Gasteiger partial charge in [-0.2, -0.15) is 0 Å². The standard InChI is InChI=1S/C16H23N3O6/c1-5-7-17-16(23)19-11(20)8-25-14(21)12-9(3)13(18-10(12)4)15(22)24-6-2/h18H,5-8H2,1-4H3,(H2,17,19,20,23). The number of hydrogen-bond acceptors (Lipinski definition) is 6. The normalized spacial score (nSPS) is 10.1. The highest BCUT2D eigenvalue weighted by molar-refractivity contribution is 6.00. The fourth-order valence-electron chi connectivity index (χ4n) is 2.11. The molecule has 0 radical (unpaired) electrons. The van der Waals surface area contributed by atoms with Gasteiger partial charge in [-0.05, 0) is 32.8 Å². The van der Waals surface area contributed by atoms with Gasteiger partial charge in [0.05, 0.1) is 12.2 Å². The average molecular weight is 353 g/mol. The number of hydrogen-bond donors (Lipinski definition) is 3. The number of esters is 2. The number of ether oxygens (including phenoxy) is 2. The monoisotopic (exact) mass is 353 g/mol. The van der Waals surface area contributed by atoms with Crippen molar-refractivity contribution < 1.29 is 28.7 Å². The first kappa shape index (κ1) is 20.2. The molecule has 0 fully saturated rings. The van der Waals surface area contributed by atoms with Crippen LogP contribution in [-0.2, 0) is 14.3 Å². The highest BCUT2D eigenvalue weighted by Crippen LogP contribution is 2.19. The van der Waals surface area contributed by atoms with Crippen LogP contribution in [0.4, 0.5) is 4.79 Å². The Morgan fingerprint density at radius 3 is 2.32 bits per heavy atom. The molecule has 0 aliphatic rings. The minimum Gasteiger partial charge on any atom is -0.461 e. The van der Waals surface area contributed by atoms with Crippen molar-refractivity contribution in [3.63, 3.8) is 0 Å². The van der Waals surface area contributed by atoms with Gasteiger partial charge in [-0.15, -0.1) is 0 Å². The molecule has 9 nitrogen and oxygen atoms in total. The molecular weight excluding hydrogens is 330 g/mol. The summed E-state index contributed by atoms with van der Waals surface area (Å²) in [5.41, 5.74) is 1.12. The van der Waals surface area contributed by atoms with E-state index in [2.05, 4.69) is 10.3 Å². The van der Waals surface area contributed by atoms with Gasteiger partial charge in [0, 0.05) is 12.2 Å². The molecule has 138 valence electrons. The van der Waals surface area contributed by atoms with Gasteiger partial charge >= 0.3 is 18.0 Å². The molecule has 0 saturated heterocycles. The Labute approximate surface area is 145 Å². The quantitative estimate of drug-likeness (QED) is 0.632. The average Bonchev–Trinajstić information content (AvgIpc) is 2.85. The molecule has 3 N–H and O–H groups in total. The van der Waals surface area contributed by atoms with Crippen molar-refractivity contribution in [3.05, 3.63) is 22.5 Å². The fourth-order valence-corrected chi connectivity index (χ4v) is 2.11. The molecule has 0 aliphatic carbocycles. The van der Waals surface area contributed by atoms with E-state index in [-0.39, 0.29) is 17.9 Å².